The van der Waals surface area contributed by atoms with Crippen LogP contribution in [0.3, 0.4) is 0 Å². The van der Waals surface area contributed by atoms with Crippen LogP contribution in [0.2, 0.25) is 0 Å². The monoisotopic (exact) mass is 418 g/mol. The van der Waals surface area contributed by atoms with Crippen molar-refractivity contribution in [2.45, 2.75) is 58.7 Å². The summed E-state index contributed by atoms with van der Waals surface area (Å²) in [6.07, 6.45) is 1.75. The molecule has 1 aromatic rings. The SMILES string of the molecule is CCNC(=NCC1CCN(C(=O)OC(C)(C)C)CC1)NCCC(O)c1ccccc1. The summed E-state index contributed by atoms with van der Waals surface area (Å²) in [5.74, 6) is 1.22. The maximum Gasteiger partial charge on any atom is 0.410 e. The average Bonchev–Trinajstić information content (AvgIpc) is 2.71. The number of guanidine groups is 1. The lowest BCUT2D eigenvalue weighted by atomic mass is 9.97. The summed E-state index contributed by atoms with van der Waals surface area (Å²) in [6, 6.07) is 9.70. The van der Waals surface area contributed by atoms with Crippen molar-refractivity contribution in [1.29, 1.82) is 0 Å². The number of hydrogen-bond donors (Lipinski definition) is 3. The van der Waals surface area contributed by atoms with Crippen LogP contribution in [0, 0.1) is 5.92 Å². The molecular weight excluding hydrogens is 380 g/mol. The molecule has 1 atom stereocenters. The lowest BCUT2D eigenvalue weighted by molar-refractivity contribution is 0.0187. The van der Waals surface area contributed by atoms with Gasteiger partial charge in [0.2, 0.25) is 0 Å². The number of aliphatic imine (C=N–C) groups is 1. The van der Waals surface area contributed by atoms with Gasteiger partial charge in [-0.1, -0.05) is 30.3 Å². The van der Waals surface area contributed by atoms with E-state index in [1.54, 1.807) is 4.90 Å². The second kappa shape index (κ2) is 11.8. The van der Waals surface area contributed by atoms with Gasteiger partial charge in [-0.2, -0.15) is 0 Å². The van der Waals surface area contributed by atoms with Gasteiger partial charge in [0.25, 0.3) is 0 Å². The minimum atomic E-state index is -0.487. The van der Waals surface area contributed by atoms with Gasteiger partial charge in [-0.3, -0.25) is 4.99 Å². The number of piperidine rings is 1. The molecule has 0 aromatic heterocycles. The second-order valence-electron chi connectivity index (χ2n) is 8.77. The van der Waals surface area contributed by atoms with Crippen molar-refractivity contribution >= 4 is 12.1 Å². The topological polar surface area (TPSA) is 86.2 Å². The molecule has 0 spiro atoms. The summed E-state index contributed by atoms with van der Waals surface area (Å²) in [4.78, 5) is 18.7. The summed E-state index contributed by atoms with van der Waals surface area (Å²) in [7, 11) is 0. The van der Waals surface area contributed by atoms with Gasteiger partial charge >= 0.3 is 6.09 Å². The minimum absolute atomic E-state index is 0.226. The van der Waals surface area contributed by atoms with E-state index in [2.05, 4.69) is 10.6 Å². The van der Waals surface area contributed by atoms with Crippen molar-refractivity contribution in [2.24, 2.45) is 10.9 Å². The molecule has 7 nitrogen and oxygen atoms in total. The van der Waals surface area contributed by atoms with E-state index in [9.17, 15) is 9.90 Å². The Morgan fingerprint density at radius 2 is 1.90 bits per heavy atom. The van der Waals surface area contributed by atoms with E-state index >= 15 is 0 Å². The maximum absolute atomic E-state index is 12.2. The number of aliphatic hydroxyl groups is 1. The van der Waals surface area contributed by atoms with Gasteiger partial charge in [0.15, 0.2) is 5.96 Å². The largest absolute Gasteiger partial charge is 0.444 e. The number of nitrogens with zero attached hydrogens (tertiary/aromatic N) is 2. The number of hydrogen-bond acceptors (Lipinski definition) is 4. The molecule has 0 aliphatic carbocycles. The predicted octanol–water partition coefficient (Wildman–Crippen LogP) is 3.31. The van der Waals surface area contributed by atoms with Gasteiger partial charge in [0, 0.05) is 32.7 Å². The number of carbonyl (C=O) groups excluding carboxylic acids is 1. The van der Waals surface area contributed by atoms with Crippen molar-refractivity contribution in [2.75, 3.05) is 32.7 Å². The first-order chi connectivity index (χ1) is 14.3. The highest BCUT2D eigenvalue weighted by molar-refractivity contribution is 5.79. The van der Waals surface area contributed by atoms with Gasteiger partial charge < -0.3 is 25.4 Å². The maximum atomic E-state index is 12.2. The van der Waals surface area contributed by atoms with Crippen LogP contribution < -0.4 is 10.6 Å². The molecule has 1 fully saturated rings. The molecule has 168 valence electrons. The van der Waals surface area contributed by atoms with Gasteiger partial charge in [0.1, 0.15) is 5.60 Å². The molecule has 1 saturated heterocycles. The fourth-order valence-corrected chi connectivity index (χ4v) is 3.36. The number of ether oxygens (including phenoxy) is 1. The van der Waals surface area contributed by atoms with Crippen LogP contribution in [-0.4, -0.2) is 60.4 Å². The van der Waals surface area contributed by atoms with Crippen LogP contribution in [0.4, 0.5) is 4.79 Å². The van der Waals surface area contributed by atoms with E-state index in [1.807, 2.05) is 58.0 Å². The summed E-state index contributed by atoms with van der Waals surface area (Å²) in [5.41, 5.74) is 0.469. The Morgan fingerprint density at radius 1 is 1.23 bits per heavy atom. The van der Waals surface area contributed by atoms with Gasteiger partial charge in [-0.15, -0.1) is 0 Å². The standard InChI is InChI=1S/C23H38N4O3/c1-5-24-21(25-14-11-20(28)19-9-7-6-8-10-19)26-17-18-12-15-27(16-13-18)22(29)30-23(2,3)4/h6-10,18,20,28H,5,11-17H2,1-4H3,(H2,24,25,26). The molecule has 1 aliphatic rings. The first-order valence-corrected chi connectivity index (χ1v) is 11.0. The van der Waals surface area contributed by atoms with E-state index in [1.165, 1.54) is 0 Å². The lowest BCUT2D eigenvalue weighted by Gasteiger charge is -2.33. The van der Waals surface area contributed by atoms with Gasteiger partial charge in [-0.25, -0.2) is 4.79 Å². The van der Waals surface area contributed by atoms with Crippen LogP contribution in [0.5, 0.6) is 0 Å². The highest BCUT2D eigenvalue weighted by Crippen LogP contribution is 2.20. The van der Waals surface area contributed by atoms with Crippen molar-refractivity contribution in [3.63, 3.8) is 0 Å². The fraction of sp³-hybridized carbons (Fsp3) is 0.652. The smallest absolute Gasteiger partial charge is 0.410 e. The Labute approximate surface area is 180 Å². The zero-order valence-electron chi connectivity index (χ0n) is 18.9. The number of rotatable bonds is 7. The molecule has 1 amide bonds. The van der Waals surface area contributed by atoms with Crippen LogP contribution in [0.15, 0.2) is 35.3 Å². The zero-order valence-corrected chi connectivity index (χ0v) is 18.9. The number of aliphatic hydroxyl groups excluding tert-OH is 1. The third-order valence-electron chi connectivity index (χ3n) is 5.01. The van der Waals surface area contributed by atoms with Crippen LogP contribution >= 0.6 is 0 Å². The molecule has 1 heterocycles. The number of likely N-dealkylation sites (tertiary alicyclic amines) is 1. The second-order valence-corrected chi connectivity index (χ2v) is 8.77. The highest BCUT2D eigenvalue weighted by Gasteiger charge is 2.26. The Morgan fingerprint density at radius 3 is 2.50 bits per heavy atom. The van der Waals surface area contributed by atoms with E-state index in [-0.39, 0.29) is 6.09 Å². The first-order valence-electron chi connectivity index (χ1n) is 11.0. The Balaban J connectivity index is 1.75. The molecule has 1 aromatic carbocycles. The van der Waals surface area contributed by atoms with Crippen molar-refractivity contribution < 1.29 is 14.6 Å². The third kappa shape index (κ3) is 8.61. The normalized spacial score (nSPS) is 16.8. The molecule has 1 unspecified atom stereocenters. The molecule has 3 N–H and O–H groups in total. The Bertz CT molecular complexity index is 665. The molecular formula is C23H38N4O3. The van der Waals surface area contributed by atoms with E-state index in [0.717, 1.165) is 37.5 Å². The fourth-order valence-electron chi connectivity index (χ4n) is 3.36. The Kier molecular flexibility index (Phi) is 9.43. The molecule has 0 radical (unpaired) electrons. The summed E-state index contributed by atoms with van der Waals surface area (Å²) < 4.78 is 5.46. The molecule has 0 bridgehead atoms. The van der Waals surface area contributed by atoms with Crippen molar-refractivity contribution in [3.05, 3.63) is 35.9 Å². The summed E-state index contributed by atoms with van der Waals surface area (Å²) >= 11 is 0. The van der Waals surface area contributed by atoms with Gasteiger partial charge in [-0.05, 0) is 58.4 Å². The quantitative estimate of drug-likeness (QED) is 0.467. The van der Waals surface area contributed by atoms with Gasteiger partial charge in [0.05, 0.1) is 6.10 Å². The molecule has 30 heavy (non-hydrogen) atoms. The summed E-state index contributed by atoms with van der Waals surface area (Å²) in [6.45, 7) is 11.3. The zero-order chi connectivity index (χ0) is 22.0. The van der Waals surface area contributed by atoms with Crippen LogP contribution in [0.1, 0.15) is 58.6 Å². The van der Waals surface area contributed by atoms with Crippen molar-refractivity contribution in [1.82, 2.24) is 15.5 Å². The highest BCUT2D eigenvalue weighted by atomic mass is 16.6. The molecule has 0 saturated carbocycles. The van der Waals surface area contributed by atoms with E-state index < -0.39 is 11.7 Å². The number of benzene rings is 1. The van der Waals surface area contributed by atoms with Crippen LogP contribution in [-0.2, 0) is 4.74 Å². The van der Waals surface area contributed by atoms with E-state index in [0.29, 0.717) is 32.0 Å². The lowest BCUT2D eigenvalue weighted by Crippen LogP contribution is -2.42. The molecule has 7 heteroatoms. The third-order valence-corrected chi connectivity index (χ3v) is 5.01. The number of amides is 1. The predicted molar refractivity (Wildman–Crippen MR) is 121 cm³/mol. The minimum Gasteiger partial charge on any atom is -0.444 e. The number of nitrogens with one attached hydrogen (secondary N) is 2. The Hall–Kier alpha value is -2.28. The average molecular weight is 419 g/mol. The first kappa shape index (κ1) is 24.0. The van der Waals surface area contributed by atoms with Crippen molar-refractivity contribution in [3.8, 4) is 0 Å². The van der Waals surface area contributed by atoms with Crippen LogP contribution in [0.25, 0.3) is 0 Å². The number of carbonyl (C=O) groups is 1. The molecule has 2 rings (SSSR count). The van der Waals surface area contributed by atoms with E-state index in [4.69, 9.17) is 9.73 Å². The summed E-state index contributed by atoms with van der Waals surface area (Å²) in [5, 5.41) is 16.9. The molecule has 1 aliphatic heterocycles.